The van der Waals surface area contributed by atoms with E-state index in [1.807, 2.05) is 20.8 Å². The van der Waals surface area contributed by atoms with Gasteiger partial charge in [0.25, 0.3) is 0 Å². The lowest BCUT2D eigenvalue weighted by Gasteiger charge is -2.01. The normalized spacial score (nSPS) is 11.7. The van der Waals surface area contributed by atoms with Gasteiger partial charge in [-0.25, -0.2) is 4.98 Å². The largest absolute Gasteiger partial charge is 0.465 e. The topological polar surface area (TPSA) is 211 Å². The fourth-order valence-electron chi connectivity index (χ4n) is 4.04. The predicted molar refractivity (Wildman–Crippen MR) is 274 cm³/mol. The molecule has 68 heavy (non-hydrogen) atoms. The maximum atomic E-state index is 10.8. The van der Waals surface area contributed by atoms with Crippen LogP contribution in [0.1, 0.15) is 135 Å². The van der Waals surface area contributed by atoms with Crippen molar-refractivity contribution in [1.29, 1.82) is 0 Å². The summed E-state index contributed by atoms with van der Waals surface area (Å²) < 4.78 is 18.8. The van der Waals surface area contributed by atoms with Gasteiger partial charge in [-0.2, -0.15) is 4.37 Å². The van der Waals surface area contributed by atoms with E-state index in [2.05, 4.69) is 62.0 Å². The Morgan fingerprint density at radius 3 is 1.60 bits per heavy atom. The van der Waals surface area contributed by atoms with E-state index >= 15 is 0 Å². The molecular weight excluding hydrogens is 970 g/mol. The molecule has 1 aliphatic rings. The van der Waals surface area contributed by atoms with Crippen LogP contribution in [0.15, 0.2) is 51.6 Å². The van der Waals surface area contributed by atoms with Crippen molar-refractivity contribution in [2.45, 2.75) is 129 Å². The zero-order valence-corrected chi connectivity index (χ0v) is 45.9. The van der Waals surface area contributed by atoms with Crippen molar-refractivity contribution in [2.75, 3.05) is 6.61 Å². The molecule has 1 aliphatic heterocycles. The molecule has 0 bridgehead atoms. The number of aryl methyl sites for hydroxylation is 3. The Labute approximate surface area is 419 Å². The van der Waals surface area contributed by atoms with E-state index in [1.165, 1.54) is 53.7 Å². The molecule has 19 heteroatoms. The number of ether oxygens (including phenoxy) is 1. The monoisotopic (exact) mass is 1030 g/mol. The van der Waals surface area contributed by atoms with E-state index in [9.17, 15) is 38.4 Å². The zero-order chi connectivity index (χ0) is 53.2. The van der Waals surface area contributed by atoms with Crippen LogP contribution in [-0.2, 0) is 28.7 Å². The first-order valence-corrected chi connectivity index (χ1v) is 26.5. The number of hydrogen-bond donors (Lipinski definition) is 0. The smallest absolute Gasteiger partial charge is 0.202 e. The average Bonchev–Trinajstić information content (AvgIpc) is 4.09. The highest BCUT2D eigenvalue weighted by atomic mass is 35.5. The number of rotatable bonds is 7. The van der Waals surface area contributed by atoms with Crippen molar-refractivity contribution in [3.63, 3.8) is 0 Å². The van der Waals surface area contributed by atoms with E-state index in [4.69, 9.17) is 32.4 Å². The van der Waals surface area contributed by atoms with Crippen molar-refractivity contribution >= 4 is 106 Å². The summed E-state index contributed by atoms with van der Waals surface area (Å²) in [6.45, 7) is 28.1. The molecule has 0 amide bonds. The lowest BCUT2D eigenvalue weighted by molar-refractivity contribution is -0.125. The highest BCUT2D eigenvalue weighted by molar-refractivity contribution is 7.12. The summed E-state index contributed by atoms with van der Waals surface area (Å²) in [7, 11) is -1.30. The van der Waals surface area contributed by atoms with Gasteiger partial charge < -0.3 is 13.7 Å². The minimum Gasteiger partial charge on any atom is -0.465 e. The summed E-state index contributed by atoms with van der Waals surface area (Å²) in [6, 6.07) is 5.18. The number of nitrogens with zero attached hydrogens (tertiary/aromatic N) is 3. The first-order chi connectivity index (χ1) is 31.5. The predicted octanol–water partition coefficient (Wildman–Crippen LogP) is 11.6. The van der Waals surface area contributed by atoms with Gasteiger partial charge in [0.05, 0.1) is 11.3 Å². The highest BCUT2D eigenvalue weighted by Gasteiger charge is 2.19. The minimum absolute atomic E-state index is 0.0244. The summed E-state index contributed by atoms with van der Waals surface area (Å²) in [5.41, 5.74) is 4.24. The number of halogens is 2. The van der Waals surface area contributed by atoms with Gasteiger partial charge in [-0.1, -0.05) is 60.0 Å². The molecule has 0 N–H and O–H groups in total. The number of furan rings is 1. The van der Waals surface area contributed by atoms with E-state index in [0.717, 1.165) is 40.9 Å². The molecule has 4 aromatic heterocycles. The van der Waals surface area contributed by atoms with E-state index in [-0.39, 0.29) is 63.1 Å². The molecule has 0 aromatic carbocycles. The van der Waals surface area contributed by atoms with Crippen molar-refractivity contribution in [1.82, 2.24) is 14.5 Å². The van der Waals surface area contributed by atoms with Gasteiger partial charge in [-0.15, -0.1) is 16.9 Å². The van der Waals surface area contributed by atoms with Gasteiger partial charge in [0.2, 0.25) is 11.6 Å². The maximum Gasteiger partial charge on any atom is 0.202 e. The molecule has 1 unspecified atom stereocenters. The summed E-state index contributed by atoms with van der Waals surface area (Å²) in [6.07, 6.45) is 9.83. The van der Waals surface area contributed by atoms with Crippen molar-refractivity contribution in [3.8, 4) is 23.3 Å². The second kappa shape index (κ2) is 37.4. The van der Waals surface area contributed by atoms with Crippen LogP contribution in [0, 0.1) is 44.1 Å². The fourth-order valence-corrected chi connectivity index (χ4v) is 6.54. The third kappa shape index (κ3) is 37.5. The summed E-state index contributed by atoms with van der Waals surface area (Å²) >= 11 is 13.7. The lowest BCUT2D eigenvalue weighted by atomic mass is 10.2. The molecule has 370 valence electrons. The van der Waals surface area contributed by atoms with Crippen LogP contribution in [0.5, 0.6) is 0 Å². The Morgan fingerprint density at radius 2 is 1.40 bits per heavy atom. The molecule has 0 aliphatic carbocycles. The maximum absolute atomic E-state index is 10.8. The first kappa shape index (κ1) is 66.7. The lowest BCUT2D eigenvalue weighted by Crippen LogP contribution is -2.16. The summed E-state index contributed by atoms with van der Waals surface area (Å²) in [5.74, 6) is 8.75. The van der Waals surface area contributed by atoms with E-state index in [0.29, 0.717) is 27.2 Å². The minimum atomic E-state index is -1.30. The van der Waals surface area contributed by atoms with E-state index in [1.54, 1.807) is 75.6 Å². The third-order valence-corrected chi connectivity index (χ3v) is 10.3. The molecule has 0 radical (unpaired) electrons. The SMILES string of the molecule is CC#CC(C)=O.CC(=O)C#C[Si](C)(C)C.CC(=O)C1CCCO1.CC(=O)C=Cc1ccco1.CC(=O)c1cc(C)on1.CC(=O)c1nc(C)sc1C.CC(=O)c1nsc(Cl)c1Cl.CC=CC(C)=O. The van der Waals surface area contributed by atoms with Gasteiger partial charge in [0.15, 0.2) is 34.7 Å². The van der Waals surface area contributed by atoms with Gasteiger partial charge in [0, 0.05) is 52.2 Å². The standard InChI is InChI=1S/C8H8O2.C7H9NOS.C7H12OSi.C6H7NO2.C6H10O2.C5H3Cl2NOS.C5H8O.C5H6O/c1-7(9)4-5-8-3-2-6-10-8;1-4(9)7-5(2)10-6(3)8-7;1-7(8)5-6-9(2,3)4;1-4-3-6(5(2)8)7-9-4;1-5(7)6-3-2-4-8-6;1-2(9)4-3(6)5(7)10-8-4;2*1-3-4-5(2)6/h2-6H,1H3;1-3H3;1-4H3;3H,1-2H3;6H,2-4H2,1H3;1H3;3-4H,1-2H3;1-2H3. The third-order valence-electron chi connectivity index (χ3n) is 6.88. The Kier molecular flexibility index (Phi) is 36.8. The van der Waals surface area contributed by atoms with Crippen molar-refractivity contribution in [2.24, 2.45) is 0 Å². The van der Waals surface area contributed by atoms with Crippen LogP contribution in [0.4, 0.5) is 0 Å². The average molecular weight is 1030 g/mol. The number of carbonyl (C=O) groups is 8. The van der Waals surface area contributed by atoms with Gasteiger partial charge in [-0.3, -0.25) is 38.4 Å². The zero-order valence-electron chi connectivity index (χ0n) is 41.7. The number of carbonyl (C=O) groups excluding carboxylic acids is 8. The summed E-state index contributed by atoms with van der Waals surface area (Å²) in [4.78, 5) is 88.2. The molecule has 1 saturated heterocycles. The van der Waals surface area contributed by atoms with Crippen LogP contribution >= 0.6 is 46.1 Å². The molecule has 14 nitrogen and oxygen atoms in total. The van der Waals surface area contributed by atoms with Crippen LogP contribution in [0.25, 0.3) is 6.08 Å². The second-order valence-corrected chi connectivity index (χ2v) is 22.8. The van der Waals surface area contributed by atoms with Crippen molar-refractivity contribution in [3.05, 3.63) is 90.5 Å². The molecule has 1 fully saturated rings. The number of ketones is 8. The molecule has 0 spiro atoms. The molecule has 1 atom stereocenters. The van der Waals surface area contributed by atoms with Crippen LogP contribution in [0.3, 0.4) is 0 Å². The van der Waals surface area contributed by atoms with Gasteiger partial charge >= 0.3 is 0 Å². The number of hydrogen-bond acceptors (Lipinski definition) is 16. The summed E-state index contributed by atoms with van der Waals surface area (Å²) in [5, 5.41) is 4.71. The van der Waals surface area contributed by atoms with E-state index < -0.39 is 8.07 Å². The fraction of sp³-hybridized carbons (Fsp3) is 0.408. The Hall–Kier alpha value is -5.53. The Balaban J connectivity index is -0.000000715. The number of thiazole rings is 1. The number of allylic oxidation sites excluding steroid dienone is 3. The quantitative estimate of drug-likeness (QED) is 0.0554. The second-order valence-electron chi connectivity index (χ2n) is 14.9. The molecule has 0 saturated carbocycles. The number of aromatic nitrogens is 3. The molecular formula is C49H63Cl2N3O11S2Si. The van der Waals surface area contributed by atoms with Crippen molar-refractivity contribution < 1.29 is 52.0 Å². The Morgan fingerprint density at radius 1 is 0.824 bits per heavy atom. The van der Waals surface area contributed by atoms with Gasteiger partial charge in [0.1, 0.15) is 52.1 Å². The first-order valence-electron chi connectivity index (χ1n) is 20.6. The van der Waals surface area contributed by atoms with Gasteiger partial charge in [-0.05, 0) is 122 Å². The van der Waals surface area contributed by atoms with Crippen LogP contribution in [0.2, 0.25) is 29.0 Å². The number of Topliss-reactive ketones (excluding diaryl/α,β-unsaturated/α-hetero) is 6. The molecule has 5 rings (SSSR count). The highest BCUT2D eigenvalue weighted by Crippen LogP contribution is 2.29. The Bertz CT molecular complexity index is 2420. The van der Waals surface area contributed by atoms with Crippen LogP contribution < -0.4 is 0 Å². The molecule has 5 heterocycles. The van der Waals surface area contributed by atoms with Crippen LogP contribution in [-0.4, -0.2) is 81.6 Å². The molecule has 4 aromatic rings.